The van der Waals surface area contributed by atoms with Crippen molar-refractivity contribution in [2.75, 3.05) is 19.5 Å². The predicted octanol–water partition coefficient (Wildman–Crippen LogP) is 2.70. The van der Waals surface area contributed by atoms with Gasteiger partial charge in [-0.3, -0.25) is 4.18 Å². The van der Waals surface area contributed by atoms with Crippen LogP contribution in [0, 0.1) is 16.2 Å². The average Bonchev–Trinajstić information content (AvgIpc) is 3.00. The largest absolute Gasteiger partial charge is 0.350 e. The topological polar surface area (TPSA) is 61.8 Å². The Hall–Kier alpha value is -0.170. The summed E-state index contributed by atoms with van der Waals surface area (Å²) in [4.78, 5) is 0. The van der Waals surface area contributed by atoms with Gasteiger partial charge in [-0.1, -0.05) is 27.2 Å². The molecule has 1 saturated heterocycles. The van der Waals surface area contributed by atoms with Crippen LogP contribution in [0.2, 0.25) is 0 Å². The van der Waals surface area contributed by atoms with Crippen LogP contribution in [0.25, 0.3) is 0 Å². The lowest BCUT2D eigenvalue weighted by Crippen LogP contribution is -2.46. The smallest absolute Gasteiger partial charge is 0.264 e. The van der Waals surface area contributed by atoms with Gasteiger partial charge in [-0.15, -0.1) is 0 Å². The molecule has 1 heterocycles. The molecule has 128 valence electrons. The molecule has 3 fully saturated rings. The molecule has 3 aliphatic rings. The van der Waals surface area contributed by atoms with Crippen LogP contribution in [0.3, 0.4) is 0 Å². The Labute approximate surface area is 133 Å². The summed E-state index contributed by atoms with van der Waals surface area (Å²) < 4.78 is 40.4. The summed E-state index contributed by atoms with van der Waals surface area (Å²) in [6.07, 6.45) is 5.53. The quantitative estimate of drug-likeness (QED) is 0.741. The fourth-order valence-corrected chi connectivity index (χ4v) is 5.98. The molecule has 2 aliphatic carbocycles. The first-order chi connectivity index (χ1) is 10.1. The molecule has 0 aromatic rings. The molecule has 0 aromatic heterocycles. The first-order valence-corrected chi connectivity index (χ1v) is 10.0. The van der Waals surface area contributed by atoms with E-state index in [1.807, 2.05) is 0 Å². The zero-order chi connectivity index (χ0) is 16.2. The fraction of sp³-hybridized carbons (Fsp3) is 1.00. The van der Waals surface area contributed by atoms with Gasteiger partial charge in [0.05, 0.1) is 25.6 Å². The highest BCUT2D eigenvalue weighted by Crippen LogP contribution is 2.72. The third-order valence-corrected chi connectivity index (χ3v) is 7.50. The second-order valence-electron chi connectivity index (χ2n) is 8.03. The summed E-state index contributed by atoms with van der Waals surface area (Å²) in [7, 11) is -3.48. The zero-order valence-corrected chi connectivity index (χ0v) is 14.9. The third kappa shape index (κ3) is 2.43. The molecule has 6 heteroatoms. The Morgan fingerprint density at radius 1 is 1.14 bits per heavy atom. The lowest BCUT2D eigenvalue weighted by Gasteiger charge is -2.47. The second-order valence-corrected chi connectivity index (χ2v) is 9.63. The summed E-state index contributed by atoms with van der Waals surface area (Å²) >= 11 is 0. The van der Waals surface area contributed by atoms with Crippen LogP contribution in [0.15, 0.2) is 0 Å². The maximum Gasteiger partial charge on any atom is 0.264 e. The number of fused-ring (bicyclic) bond motifs is 1. The van der Waals surface area contributed by atoms with Crippen LogP contribution in [0.4, 0.5) is 0 Å². The van der Waals surface area contributed by atoms with Crippen LogP contribution < -0.4 is 0 Å². The highest BCUT2D eigenvalue weighted by Gasteiger charge is 2.68. The molecular formula is C16H28O5S. The molecule has 0 aromatic carbocycles. The van der Waals surface area contributed by atoms with Gasteiger partial charge < -0.3 is 9.47 Å². The molecular weight excluding hydrogens is 304 g/mol. The molecule has 1 aliphatic heterocycles. The lowest BCUT2D eigenvalue weighted by atomic mass is 9.58. The van der Waals surface area contributed by atoms with Gasteiger partial charge in [0.1, 0.15) is 0 Å². The monoisotopic (exact) mass is 332 g/mol. The molecule has 22 heavy (non-hydrogen) atoms. The molecule has 0 N–H and O–H groups in total. The van der Waals surface area contributed by atoms with Crippen molar-refractivity contribution in [1.29, 1.82) is 0 Å². The van der Waals surface area contributed by atoms with E-state index in [2.05, 4.69) is 20.8 Å². The zero-order valence-electron chi connectivity index (χ0n) is 14.1. The maximum absolute atomic E-state index is 11.8. The van der Waals surface area contributed by atoms with Gasteiger partial charge in [-0.05, 0) is 30.1 Å². The van der Waals surface area contributed by atoms with Gasteiger partial charge in [-0.2, -0.15) is 8.42 Å². The van der Waals surface area contributed by atoms with E-state index in [9.17, 15) is 8.42 Å². The molecule has 1 unspecified atom stereocenters. The van der Waals surface area contributed by atoms with Gasteiger partial charge in [0.25, 0.3) is 10.1 Å². The number of ether oxygens (including phenoxy) is 2. The minimum Gasteiger partial charge on any atom is -0.350 e. The first kappa shape index (κ1) is 16.7. The standard InChI is InChI=1S/C16H28O5S/c1-14-6-5-7-16(14,3)15(2,11-13-19-8-9-20-13)12(10-14)21-22(4,17)18/h12-13H,5-11H2,1-4H3/t12?,14-,15+,16-/m0/s1. The van der Waals surface area contributed by atoms with Gasteiger partial charge in [0.2, 0.25) is 0 Å². The van der Waals surface area contributed by atoms with Crippen LogP contribution in [0.5, 0.6) is 0 Å². The minimum absolute atomic E-state index is 0.0463. The van der Waals surface area contributed by atoms with Crippen molar-refractivity contribution in [2.24, 2.45) is 16.2 Å². The van der Waals surface area contributed by atoms with Crippen LogP contribution in [0.1, 0.15) is 52.9 Å². The van der Waals surface area contributed by atoms with E-state index >= 15 is 0 Å². The number of rotatable bonds is 4. The van der Waals surface area contributed by atoms with Gasteiger partial charge in [0, 0.05) is 11.8 Å². The number of hydrogen-bond donors (Lipinski definition) is 0. The van der Waals surface area contributed by atoms with Crippen LogP contribution >= 0.6 is 0 Å². The van der Waals surface area contributed by atoms with E-state index in [4.69, 9.17) is 13.7 Å². The van der Waals surface area contributed by atoms with Crippen LogP contribution in [-0.2, 0) is 23.8 Å². The molecule has 3 rings (SSSR count). The molecule has 0 spiro atoms. The van der Waals surface area contributed by atoms with E-state index in [1.54, 1.807) is 0 Å². The molecule has 2 saturated carbocycles. The Morgan fingerprint density at radius 3 is 2.36 bits per heavy atom. The van der Waals surface area contributed by atoms with Crippen molar-refractivity contribution < 1.29 is 22.1 Å². The van der Waals surface area contributed by atoms with Crippen molar-refractivity contribution in [2.45, 2.75) is 65.3 Å². The molecule has 4 atom stereocenters. The SMILES string of the molecule is C[C@@]12CCC[C@]1(C)[C@](C)(CC1OCCO1)C(OS(C)(=O)=O)C2. The summed E-state index contributed by atoms with van der Waals surface area (Å²) in [5.41, 5.74) is -0.100. The van der Waals surface area contributed by atoms with E-state index in [-0.39, 0.29) is 28.6 Å². The highest BCUT2D eigenvalue weighted by molar-refractivity contribution is 7.86. The molecule has 0 amide bonds. The highest BCUT2D eigenvalue weighted by atomic mass is 32.2. The fourth-order valence-electron chi connectivity index (χ4n) is 5.28. The van der Waals surface area contributed by atoms with E-state index in [0.717, 1.165) is 25.5 Å². The lowest BCUT2D eigenvalue weighted by molar-refractivity contribution is -0.115. The molecule has 0 bridgehead atoms. The maximum atomic E-state index is 11.8. The molecule has 5 nitrogen and oxygen atoms in total. The third-order valence-electron chi connectivity index (χ3n) is 6.92. The summed E-state index contributed by atoms with van der Waals surface area (Å²) in [6.45, 7) is 8.00. The van der Waals surface area contributed by atoms with Crippen molar-refractivity contribution in [3.63, 3.8) is 0 Å². The summed E-state index contributed by atoms with van der Waals surface area (Å²) in [5.74, 6) is 0. The Morgan fingerprint density at radius 2 is 1.77 bits per heavy atom. The predicted molar refractivity (Wildman–Crippen MR) is 82.8 cm³/mol. The Balaban J connectivity index is 1.95. The number of hydrogen-bond acceptors (Lipinski definition) is 5. The van der Waals surface area contributed by atoms with Gasteiger partial charge in [-0.25, -0.2) is 0 Å². The normalized spacial score (nSPS) is 46.3. The van der Waals surface area contributed by atoms with Crippen molar-refractivity contribution in [3.05, 3.63) is 0 Å². The van der Waals surface area contributed by atoms with E-state index in [0.29, 0.717) is 19.6 Å². The van der Waals surface area contributed by atoms with Crippen molar-refractivity contribution >= 4 is 10.1 Å². The second kappa shape index (κ2) is 5.16. The minimum atomic E-state index is -3.48. The summed E-state index contributed by atoms with van der Waals surface area (Å²) in [6, 6.07) is 0. The van der Waals surface area contributed by atoms with Crippen molar-refractivity contribution in [3.8, 4) is 0 Å². The average molecular weight is 332 g/mol. The van der Waals surface area contributed by atoms with Gasteiger partial charge >= 0.3 is 0 Å². The van der Waals surface area contributed by atoms with Gasteiger partial charge in [0.15, 0.2) is 6.29 Å². The summed E-state index contributed by atoms with van der Waals surface area (Å²) in [5, 5.41) is 0. The van der Waals surface area contributed by atoms with Crippen molar-refractivity contribution in [1.82, 2.24) is 0 Å². The van der Waals surface area contributed by atoms with E-state index < -0.39 is 10.1 Å². The van der Waals surface area contributed by atoms with E-state index in [1.165, 1.54) is 6.42 Å². The molecule has 0 radical (unpaired) electrons. The van der Waals surface area contributed by atoms with Crippen LogP contribution in [-0.4, -0.2) is 40.3 Å². The Kier molecular flexibility index (Phi) is 3.91. The Bertz CT molecular complexity index is 541. The first-order valence-electron chi connectivity index (χ1n) is 8.21.